The second-order valence-electron chi connectivity index (χ2n) is 6.30. The van der Waals surface area contributed by atoms with Crippen LogP contribution in [0.3, 0.4) is 0 Å². The summed E-state index contributed by atoms with van der Waals surface area (Å²) in [6, 6.07) is 8.30. The molecule has 1 aliphatic rings. The fourth-order valence-corrected chi connectivity index (χ4v) is 2.65. The highest BCUT2D eigenvalue weighted by atomic mass is 35.5. The molecular formula is C19H19ClF2N2O3. The number of carbonyl (C=O) groups excluding carboxylic acids is 2. The molecule has 0 saturated heterocycles. The standard InChI is InChI=1S/C19H18F2N2O3.ClH/c1-26-17(24)16-13(3-2-4-14(16)20)11-5-6-12(15(21)9-11)10-23-18(25)19(22)7-8-19;/h2-6,9H,7-8,10,22H2,1H3,(H,23,25);1H. The Morgan fingerprint density at radius 2 is 1.89 bits per heavy atom. The Kier molecular flexibility index (Phi) is 6.18. The zero-order chi connectivity index (χ0) is 18.9. The molecule has 0 aliphatic heterocycles. The summed E-state index contributed by atoms with van der Waals surface area (Å²) in [5.41, 5.74) is 5.52. The number of amides is 1. The Labute approximate surface area is 161 Å². The van der Waals surface area contributed by atoms with Crippen LogP contribution in [0.1, 0.15) is 28.8 Å². The molecule has 1 aliphatic carbocycles. The van der Waals surface area contributed by atoms with Gasteiger partial charge in [0, 0.05) is 12.1 Å². The number of nitrogens with two attached hydrogens (primary N) is 1. The topological polar surface area (TPSA) is 81.4 Å². The van der Waals surface area contributed by atoms with Gasteiger partial charge in [-0.1, -0.05) is 24.3 Å². The van der Waals surface area contributed by atoms with Gasteiger partial charge in [0.25, 0.3) is 0 Å². The molecule has 1 saturated carbocycles. The fraction of sp³-hybridized carbons (Fsp3) is 0.263. The number of methoxy groups -OCH3 is 1. The van der Waals surface area contributed by atoms with Crippen LogP contribution in [-0.2, 0) is 16.1 Å². The third kappa shape index (κ3) is 4.26. The van der Waals surface area contributed by atoms with Crippen LogP contribution in [-0.4, -0.2) is 24.5 Å². The van der Waals surface area contributed by atoms with Crippen LogP contribution in [0.25, 0.3) is 11.1 Å². The molecule has 0 spiro atoms. The second kappa shape index (κ2) is 8.02. The maximum atomic E-state index is 14.4. The minimum Gasteiger partial charge on any atom is -0.465 e. The highest BCUT2D eigenvalue weighted by Crippen LogP contribution is 2.32. The van der Waals surface area contributed by atoms with Crippen LogP contribution in [0.15, 0.2) is 36.4 Å². The molecule has 27 heavy (non-hydrogen) atoms. The number of hydrogen-bond donors (Lipinski definition) is 2. The van der Waals surface area contributed by atoms with Gasteiger partial charge in [-0.2, -0.15) is 0 Å². The number of carbonyl (C=O) groups is 2. The van der Waals surface area contributed by atoms with E-state index in [1.54, 1.807) is 6.07 Å². The second-order valence-corrected chi connectivity index (χ2v) is 6.30. The summed E-state index contributed by atoms with van der Waals surface area (Å²) in [6.07, 6.45) is 1.24. The summed E-state index contributed by atoms with van der Waals surface area (Å²) < 4.78 is 33.1. The number of ether oxygens (including phenoxy) is 1. The van der Waals surface area contributed by atoms with Crippen LogP contribution >= 0.6 is 12.4 Å². The number of halogens is 3. The predicted octanol–water partition coefficient (Wildman–Crippen LogP) is 2.95. The summed E-state index contributed by atoms with van der Waals surface area (Å²) in [5, 5.41) is 2.61. The molecule has 5 nitrogen and oxygen atoms in total. The Bertz CT molecular complexity index is 885. The molecule has 144 valence electrons. The van der Waals surface area contributed by atoms with E-state index in [1.807, 2.05) is 0 Å². The lowest BCUT2D eigenvalue weighted by atomic mass is 9.98. The van der Waals surface area contributed by atoms with Gasteiger partial charge in [-0.25, -0.2) is 13.6 Å². The van der Waals surface area contributed by atoms with Crippen molar-refractivity contribution in [1.82, 2.24) is 5.32 Å². The van der Waals surface area contributed by atoms with Crippen molar-refractivity contribution in [2.45, 2.75) is 24.9 Å². The Morgan fingerprint density at radius 3 is 2.48 bits per heavy atom. The van der Waals surface area contributed by atoms with Gasteiger partial charge in [-0.05, 0) is 36.1 Å². The number of benzene rings is 2. The van der Waals surface area contributed by atoms with E-state index in [1.165, 1.54) is 24.3 Å². The molecule has 2 aromatic rings. The number of esters is 1. The average Bonchev–Trinajstić information content (AvgIpc) is 3.38. The van der Waals surface area contributed by atoms with Gasteiger partial charge >= 0.3 is 5.97 Å². The maximum absolute atomic E-state index is 14.4. The molecule has 0 heterocycles. The summed E-state index contributed by atoms with van der Waals surface area (Å²) in [5.74, 6) is -2.47. The Morgan fingerprint density at radius 1 is 1.19 bits per heavy atom. The molecule has 3 rings (SSSR count). The lowest BCUT2D eigenvalue weighted by Gasteiger charge is -2.13. The quantitative estimate of drug-likeness (QED) is 0.761. The molecule has 8 heteroatoms. The maximum Gasteiger partial charge on any atom is 0.341 e. The van der Waals surface area contributed by atoms with Crippen molar-refractivity contribution in [2.75, 3.05) is 7.11 Å². The van der Waals surface area contributed by atoms with E-state index < -0.39 is 23.1 Å². The highest BCUT2D eigenvalue weighted by molar-refractivity contribution is 5.97. The monoisotopic (exact) mass is 396 g/mol. The van der Waals surface area contributed by atoms with E-state index in [-0.39, 0.29) is 41.5 Å². The van der Waals surface area contributed by atoms with Gasteiger partial charge in [0.05, 0.1) is 12.6 Å². The van der Waals surface area contributed by atoms with E-state index in [2.05, 4.69) is 10.1 Å². The molecule has 1 fully saturated rings. The zero-order valence-corrected chi connectivity index (χ0v) is 15.4. The molecular weight excluding hydrogens is 378 g/mol. The lowest BCUT2D eigenvalue weighted by Crippen LogP contribution is -2.42. The normalized spacial score (nSPS) is 14.1. The smallest absolute Gasteiger partial charge is 0.341 e. The molecule has 0 aromatic heterocycles. The number of nitrogens with one attached hydrogen (secondary N) is 1. The lowest BCUT2D eigenvalue weighted by molar-refractivity contribution is -0.123. The third-order valence-corrected chi connectivity index (χ3v) is 4.45. The number of hydrogen-bond acceptors (Lipinski definition) is 4. The van der Waals surface area contributed by atoms with E-state index in [0.29, 0.717) is 18.4 Å². The molecule has 0 bridgehead atoms. The van der Waals surface area contributed by atoms with Gasteiger partial charge < -0.3 is 15.8 Å². The molecule has 0 radical (unpaired) electrons. The van der Waals surface area contributed by atoms with Crippen molar-refractivity contribution in [3.05, 3.63) is 59.2 Å². The molecule has 2 aromatic carbocycles. The van der Waals surface area contributed by atoms with Crippen LogP contribution < -0.4 is 11.1 Å². The summed E-state index contributed by atoms with van der Waals surface area (Å²) in [6.45, 7) is -0.00307. The van der Waals surface area contributed by atoms with Gasteiger partial charge in [0.2, 0.25) is 5.91 Å². The van der Waals surface area contributed by atoms with Crippen molar-refractivity contribution in [2.24, 2.45) is 5.73 Å². The van der Waals surface area contributed by atoms with Gasteiger partial charge in [-0.3, -0.25) is 4.79 Å². The van der Waals surface area contributed by atoms with E-state index in [4.69, 9.17) is 5.73 Å². The Balaban J connectivity index is 0.00000261. The van der Waals surface area contributed by atoms with E-state index >= 15 is 0 Å². The fourth-order valence-electron chi connectivity index (χ4n) is 2.65. The van der Waals surface area contributed by atoms with Gasteiger partial charge in [0.1, 0.15) is 17.2 Å². The first kappa shape index (κ1) is 20.8. The SMILES string of the molecule is COC(=O)c1c(F)cccc1-c1ccc(CNC(=O)C2(N)CC2)c(F)c1.Cl. The third-order valence-electron chi connectivity index (χ3n) is 4.45. The molecule has 0 unspecified atom stereocenters. The first-order valence-electron chi connectivity index (χ1n) is 8.08. The largest absolute Gasteiger partial charge is 0.465 e. The molecule has 1 amide bonds. The first-order chi connectivity index (χ1) is 12.4. The summed E-state index contributed by atoms with van der Waals surface area (Å²) in [7, 11) is 1.15. The summed E-state index contributed by atoms with van der Waals surface area (Å²) in [4.78, 5) is 23.7. The van der Waals surface area contributed by atoms with Crippen molar-refractivity contribution >= 4 is 24.3 Å². The van der Waals surface area contributed by atoms with Crippen LogP contribution in [0, 0.1) is 11.6 Å². The average molecular weight is 397 g/mol. The molecule has 0 atom stereocenters. The first-order valence-corrected chi connectivity index (χ1v) is 8.08. The van der Waals surface area contributed by atoms with Crippen molar-refractivity contribution in [1.29, 1.82) is 0 Å². The van der Waals surface area contributed by atoms with Gasteiger partial charge in [0.15, 0.2) is 0 Å². The minimum absolute atomic E-state index is 0. The Hall–Kier alpha value is -2.51. The van der Waals surface area contributed by atoms with E-state index in [0.717, 1.165) is 13.2 Å². The van der Waals surface area contributed by atoms with Crippen molar-refractivity contribution in [3.8, 4) is 11.1 Å². The zero-order valence-electron chi connectivity index (χ0n) is 14.6. The molecule has 3 N–H and O–H groups in total. The highest BCUT2D eigenvalue weighted by Gasteiger charge is 2.45. The predicted molar refractivity (Wildman–Crippen MR) is 98.4 cm³/mol. The van der Waals surface area contributed by atoms with Crippen molar-refractivity contribution < 1.29 is 23.1 Å². The summed E-state index contributed by atoms with van der Waals surface area (Å²) >= 11 is 0. The van der Waals surface area contributed by atoms with Crippen LogP contribution in [0.2, 0.25) is 0 Å². The van der Waals surface area contributed by atoms with Crippen molar-refractivity contribution in [3.63, 3.8) is 0 Å². The van der Waals surface area contributed by atoms with Gasteiger partial charge in [-0.15, -0.1) is 12.4 Å². The minimum atomic E-state index is -0.840. The van der Waals surface area contributed by atoms with Crippen LogP contribution in [0.5, 0.6) is 0 Å². The van der Waals surface area contributed by atoms with E-state index in [9.17, 15) is 18.4 Å². The number of rotatable bonds is 5. The van der Waals surface area contributed by atoms with Crippen LogP contribution in [0.4, 0.5) is 8.78 Å².